The van der Waals surface area contributed by atoms with Crippen molar-refractivity contribution in [1.29, 1.82) is 0 Å². The minimum Gasteiger partial charge on any atom is -0.497 e. The van der Waals surface area contributed by atoms with E-state index in [0.29, 0.717) is 36.3 Å². The predicted octanol–water partition coefficient (Wildman–Crippen LogP) is 3.39. The third-order valence-electron chi connectivity index (χ3n) is 5.42. The second-order valence-electron chi connectivity index (χ2n) is 7.48. The molecule has 0 fully saturated rings. The van der Waals surface area contributed by atoms with Crippen LogP contribution in [-0.4, -0.2) is 27.2 Å². The van der Waals surface area contributed by atoms with Crippen molar-refractivity contribution in [1.82, 2.24) is 19.5 Å². The van der Waals surface area contributed by atoms with Crippen molar-refractivity contribution >= 4 is 22.5 Å². The van der Waals surface area contributed by atoms with Crippen LogP contribution in [0.1, 0.15) is 43.5 Å². The van der Waals surface area contributed by atoms with E-state index in [1.54, 1.807) is 13.2 Å². The van der Waals surface area contributed by atoms with Gasteiger partial charge in [0.2, 0.25) is 5.91 Å². The number of nitrogens with one attached hydrogen (secondary N) is 1. The van der Waals surface area contributed by atoms with Crippen molar-refractivity contribution in [3.8, 4) is 5.75 Å². The van der Waals surface area contributed by atoms with Gasteiger partial charge in [-0.2, -0.15) is 5.10 Å². The highest BCUT2D eigenvalue weighted by Gasteiger charge is 2.24. The molecule has 3 heterocycles. The molecule has 1 unspecified atom stereocenters. The summed E-state index contributed by atoms with van der Waals surface area (Å²) in [5.41, 5.74) is 2.51. The molecular formula is C23H26N4O4. The maximum Gasteiger partial charge on any atom is 0.291 e. The molecule has 8 heteroatoms. The number of nitrogens with zero attached hydrogens (tertiary/aromatic N) is 3. The van der Waals surface area contributed by atoms with Gasteiger partial charge in [-0.05, 0) is 31.0 Å². The molecule has 0 spiro atoms. The van der Waals surface area contributed by atoms with E-state index in [0.717, 1.165) is 22.6 Å². The molecule has 0 bridgehead atoms. The predicted molar refractivity (Wildman–Crippen MR) is 118 cm³/mol. The van der Waals surface area contributed by atoms with E-state index in [1.165, 1.54) is 4.68 Å². The number of hydrogen-bond acceptors (Lipinski definition) is 5. The molecule has 1 N–H and O–H groups in total. The minimum atomic E-state index is -0.712. The number of carbonyl (C=O) groups excluding carboxylic acids is 1. The van der Waals surface area contributed by atoms with Crippen molar-refractivity contribution in [3.63, 3.8) is 0 Å². The highest BCUT2D eigenvalue weighted by molar-refractivity contribution is 5.84. The van der Waals surface area contributed by atoms with Crippen molar-refractivity contribution in [2.45, 2.75) is 46.2 Å². The lowest BCUT2D eigenvalue weighted by Gasteiger charge is -2.18. The van der Waals surface area contributed by atoms with E-state index in [1.807, 2.05) is 55.5 Å². The molecule has 1 aromatic carbocycles. The van der Waals surface area contributed by atoms with Crippen LogP contribution in [0.15, 0.2) is 45.6 Å². The second kappa shape index (κ2) is 8.29. The van der Waals surface area contributed by atoms with Crippen LogP contribution in [-0.2, 0) is 17.8 Å². The van der Waals surface area contributed by atoms with Gasteiger partial charge in [-0.3, -0.25) is 14.0 Å². The Kier molecular flexibility index (Phi) is 5.54. The smallest absolute Gasteiger partial charge is 0.291 e. The van der Waals surface area contributed by atoms with Crippen LogP contribution in [0.3, 0.4) is 0 Å². The number of hydrogen-bond donors (Lipinski definition) is 1. The van der Waals surface area contributed by atoms with Gasteiger partial charge in [0.1, 0.15) is 28.9 Å². The SMILES string of the molecule is CCc1nn(C(CC)C(=O)NCc2cccc(OC)c2)c(=O)c2cc3oc(C)cc3n12. The molecule has 3 aromatic heterocycles. The zero-order valence-electron chi connectivity index (χ0n) is 18.1. The van der Waals surface area contributed by atoms with Gasteiger partial charge in [-0.15, -0.1) is 0 Å². The number of furan rings is 1. The summed E-state index contributed by atoms with van der Waals surface area (Å²) in [6.07, 6.45) is 1.04. The lowest BCUT2D eigenvalue weighted by molar-refractivity contribution is -0.125. The molecule has 0 saturated heterocycles. The van der Waals surface area contributed by atoms with E-state index >= 15 is 0 Å². The highest BCUT2D eigenvalue weighted by Crippen LogP contribution is 2.24. The van der Waals surface area contributed by atoms with E-state index in [4.69, 9.17) is 9.15 Å². The van der Waals surface area contributed by atoms with Crippen LogP contribution in [0, 0.1) is 6.92 Å². The topological polar surface area (TPSA) is 90.8 Å². The Balaban J connectivity index is 1.68. The summed E-state index contributed by atoms with van der Waals surface area (Å²) >= 11 is 0. The maximum absolute atomic E-state index is 13.3. The van der Waals surface area contributed by atoms with E-state index in [2.05, 4.69) is 10.4 Å². The van der Waals surface area contributed by atoms with Crippen molar-refractivity contribution in [2.75, 3.05) is 7.11 Å². The van der Waals surface area contributed by atoms with Gasteiger partial charge < -0.3 is 14.5 Å². The van der Waals surface area contributed by atoms with Crippen LogP contribution in [0.4, 0.5) is 0 Å². The number of ether oxygens (including phenoxy) is 1. The average Bonchev–Trinajstić information content (AvgIpc) is 3.31. The molecular weight excluding hydrogens is 396 g/mol. The first-order valence-electron chi connectivity index (χ1n) is 10.4. The number of carbonyl (C=O) groups is 1. The fourth-order valence-corrected chi connectivity index (χ4v) is 3.88. The number of aromatic nitrogens is 3. The number of fused-ring (bicyclic) bond motifs is 3. The largest absolute Gasteiger partial charge is 0.497 e. The van der Waals surface area contributed by atoms with Gasteiger partial charge in [0.25, 0.3) is 5.56 Å². The van der Waals surface area contributed by atoms with Crippen molar-refractivity contribution < 1.29 is 13.9 Å². The Hall–Kier alpha value is -3.55. The molecule has 0 radical (unpaired) electrons. The van der Waals surface area contributed by atoms with Gasteiger partial charge >= 0.3 is 0 Å². The average molecular weight is 422 g/mol. The highest BCUT2D eigenvalue weighted by atomic mass is 16.5. The second-order valence-corrected chi connectivity index (χ2v) is 7.48. The van der Waals surface area contributed by atoms with Crippen LogP contribution >= 0.6 is 0 Å². The zero-order valence-corrected chi connectivity index (χ0v) is 18.1. The summed E-state index contributed by atoms with van der Waals surface area (Å²) in [5, 5.41) is 7.49. The first-order valence-corrected chi connectivity index (χ1v) is 10.4. The lowest BCUT2D eigenvalue weighted by atomic mass is 10.2. The summed E-state index contributed by atoms with van der Waals surface area (Å²) in [5.74, 6) is 1.94. The third-order valence-corrected chi connectivity index (χ3v) is 5.42. The van der Waals surface area contributed by atoms with Crippen molar-refractivity contribution in [2.24, 2.45) is 0 Å². The Morgan fingerprint density at radius 3 is 2.74 bits per heavy atom. The first kappa shape index (κ1) is 20.7. The summed E-state index contributed by atoms with van der Waals surface area (Å²) < 4.78 is 14.1. The number of aryl methyl sites for hydroxylation is 2. The first-order chi connectivity index (χ1) is 15.0. The Morgan fingerprint density at radius 1 is 1.23 bits per heavy atom. The van der Waals surface area contributed by atoms with Gasteiger partial charge in [-0.1, -0.05) is 26.0 Å². The van der Waals surface area contributed by atoms with Crippen LogP contribution in [0.5, 0.6) is 5.75 Å². The third kappa shape index (κ3) is 3.69. The number of amides is 1. The Morgan fingerprint density at radius 2 is 2.03 bits per heavy atom. The van der Waals surface area contributed by atoms with Crippen LogP contribution in [0.25, 0.3) is 16.6 Å². The zero-order chi connectivity index (χ0) is 22.1. The normalized spacial score (nSPS) is 12.4. The Bertz CT molecular complexity index is 1310. The fraction of sp³-hybridized carbons (Fsp3) is 0.348. The summed E-state index contributed by atoms with van der Waals surface area (Å²) in [6, 6.07) is 10.4. The van der Waals surface area contributed by atoms with E-state index < -0.39 is 6.04 Å². The summed E-state index contributed by atoms with van der Waals surface area (Å²) in [4.78, 5) is 26.2. The molecule has 0 aliphatic rings. The molecule has 1 amide bonds. The quantitative estimate of drug-likeness (QED) is 0.493. The molecule has 0 saturated carbocycles. The van der Waals surface area contributed by atoms with E-state index in [-0.39, 0.29) is 11.5 Å². The molecule has 4 rings (SSSR count). The molecule has 4 aromatic rings. The molecule has 0 aliphatic carbocycles. The monoisotopic (exact) mass is 422 g/mol. The molecule has 162 valence electrons. The standard InChI is InChI=1S/C23H26N4O4/c1-5-17(22(28)24-13-15-8-7-9-16(11-15)30-4)27-23(29)19-12-20-18(10-14(3)31-20)26(19)21(6-2)25-27/h7-12,17H,5-6,13H2,1-4H3,(H,24,28). The van der Waals surface area contributed by atoms with Crippen LogP contribution in [0.2, 0.25) is 0 Å². The molecule has 8 nitrogen and oxygen atoms in total. The fourth-order valence-electron chi connectivity index (χ4n) is 3.88. The minimum absolute atomic E-state index is 0.252. The van der Waals surface area contributed by atoms with Crippen molar-refractivity contribution in [3.05, 3.63) is 63.9 Å². The summed E-state index contributed by atoms with van der Waals surface area (Å²) in [7, 11) is 1.60. The molecule has 31 heavy (non-hydrogen) atoms. The van der Waals surface area contributed by atoms with Gasteiger partial charge in [-0.25, -0.2) is 4.68 Å². The van der Waals surface area contributed by atoms with Gasteiger partial charge in [0.05, 0.1) is 12.6 Å². The maximum atomic E-state index is 13.3. The van der Waals surface area contributed by atoms with Gasteiger partial charge in [0.15, 0.2) is 5.58 Å². The van der Waals surface area contributed by atoms with Gasteiger partial charge in [0, 0.05) is 25.1 Å². The number of rotatable bonds is 7. The van der Waals surface area contributed by atoms with E-state index in [9.17, 15) is 9.59 Å². The molecule has 1 atom stereocenters. The summed E-state index contributed by atoms with van der Waals surface area (Å²) in [6.45, 7) is 6.04. The number of benzene rings is 1. The molecule has 0 aliphatic heterocycles. The van der Waals surface area contributed by atoms with Crippen LogP contribution < -0.4 is 15.6 Å². The Labute approximate surface area is 179 Å². The lowest BCUT2D eigenvalue weighted by Crippen LogP contribution is -2.39. The number of methoxy groups -OCH3 is 1.